The molecule has 0 radical (unpaired) electrons. The second-order valence-corrected chi connectivity index (χ2v) is 4.75. The van der Waals surface area contributed by atoms with Gasteiger partial charge in [-0.2, -0.15) is 0 Å². The molecule has 1 heterocycles. The molecule has 0 fully saturated rings. The monoisotopic (exact) mass is 322 g/mol. The summed E-state index contributed by atoms with van der Waals surface area (Å²) in [5, 5.41) is 13.7. The lowest BCUT2D eigenvalue weighted by molar-refractivity contribution is -0.384. The van der Waals surface area contributed by atoms with Crippen LogP contribution in [0.4, 0.5) is 23.0 Å². The second kappa shape index (κ2) is 5.23. The lowest BCUT2D eigenvalue weighted by Gasteiger charge is -2.10. The molecule has 0 saturated carbocycles. The van der Waals surface area contributed by atoms with Gasteiger partial charge in [-0.05, 0) is 30.7 Å². The highest BCUT2D eigenvalue weighted by Gasteiger charge is 2.13. The van der Waals surface area contributed by atoms with Crippen LogP contribution in [0.3, 0.4) is 0 Å². The van der Waals surface area contributed by atoms with Gasteiger partial charge in [0.05, 0.1) is 4.92 Å². The zero-order valence-electron chi connectivity index (χ0n) is 10.1. The lowest BCUT2D eigenvalue weighted by atomic mass is 10.2. The van der Waals surface area contributed by atoms with E-state index >= 15 is 0 Å². The molecule has 0 spiro atoms. The number of anilines is 3. The summed E-state index contributed by atoms with van der Waals surface area (Å²) >= 11 is 3.43. The Kier molecular flexibility index (Phi) is 3.66. The van der Waals surface area contributed by atoms with Crippen LogP contribution in [0.15, 0.2) is 34.8 Å². The third-order valence-electron chi connectivity index (χ3n) is 2.63. The van der Waals surface area contributed by atoms with E-state index in [9.17, 15) is 10.1 Å². The van der Waals surface area contributed by atoms with E-state index in [0.29, 0.717) is 5.82 Å². The summed E-state index contributed by atoms with van der Waals surface area (Å²) in [6.45, 7) is 1.95. The number of nitrogen functional groups attached to an aromatic ring is 1. The predicted molar refractivity (Wildman–Crippen MR) is 77.5 cm³/mol. The number of benzene rings is 1. The first-order chi connectivity index (χ1) is 8.99. The molecule has 7 heteroatoms. The molecule has 0 bridgehead atoms. The molecule has 0 aliphatic carbocycles. The van der Waals surface area contributed by atoms with Gasteiger partial charge in [0, 0.05) is 16.2 Å². The van der Waals surface area contributed by atoms with Crippen LogP contribution in [0.2, 0.25) is 0 Å². The van der Waals surface area contributed by atoms with Crippen LogP contribution in [-0.4, -0.2) is 9.91 Å². The SMILES string of the molecule is Cc1c(Br)cccc1Nc1ccc([N+](=O)[O-])c(N)n1. The van der Waals surface area contributed by atoms with Crippen LogP contribution in [0.1, 0.15) is 5.56 Å². The van der Waals surface area contributed by atoms with Crippen LogP contribution in [0.5, 0.6) is 0 Å². The zero-order chi connectivity index (χ0) is 14.0. The van der Waals surface area contributed by atoms with E-state index in [1.807, 2.05) is 25.1 Å². The van der Waals surface area contributed by atoms with Crippen molar-refractivity contribution >= 4 is 38.9 Å². The minimum Gasteiger partial charge on any atom is -0.378 e. The number of hydrogen-bond acceptors (Lipinski definition) is 5. The van der Waals surface area contributed by atoms with Crippen molar-refractivity contribution in [3.8, 4) is 0 Å². The fourth-order valence-electron chi connectivity index (χ4n) is 1.57. The van der Waals surface area contributed by atoms with Gasteiger partial charge in [-0.25, -0.2) is 4.98 Å². The van der Waals surface area contributed by atoms with Gasteiger partial charge in [0.15, 0.2) is 0 Å². The Morgan fingerprint density at radius 1 is 1.37 bits per heavy atom. The summed E-state index contributed by atoms with van der Waals surface area (Å²) in [6.07, 6.45) is 0. The van der Waals surface area contributed by atoms with Gasteiger partial charge in [-0.15, -0.1) is 0 Å². The number of nitro groups is 1. The van der Waals surface area contributed by atoms with E-state index in [-0.39, 0.29) is 11.5 Å². The van der Waals surface area contributed by atoms with E-state index in [2.05, 4.69) is 26.2 Å². The van der Waals surface area contributed by atoms with Gasteiger partial charge >= 0.3 is 5.69 Å². The number of nitrogens with two attached hydrogens (primary N) is 1. The van der Waals surface area contributed by atoms with Crippen molar-refractivity contribution < 1.29 is 4.92 Å². The first kappa shape index (κ1) is 13.3. The summed E-state index contributed by atoms with van der Waals surface area (Å²) in [6, 6.07) is 8.55. The summed E-state index contributed by atoms with van der Waals surface area (Å²) < 4.78 is 0.965. The van der Waals surface area contributed by atoms with Gasteiger partial charge in [-0.1, -0.05) is 22.0 Å². The van der Waals surface area contributed by atoms with E-state index in [1.54, 1.807) is 0 Å². The fraction of sp³-hybridized carbons (Fsp3) is 0.0833. The minimum absolute atomic E-state index is 0.109. The molecule has 98 valence electrons. The highest BCUT2D eigenvalue weighted by molar-refractivity contribution is 9.10. The zero-order valence-corrected chi connectivity index (χ0v) is 11.6. The first-order valence-electron chi connectivity index (χ1n) is 5.42. The summed E-state index contributed by atoms with van der Waals surface area (Å²) in [5.74, 6) is 0.354. The van der Waals surface area contributed by atoms with Gasteiger partial charge in [0.2, 0.25) is 5.82 Å². The molecular formula is C12H11BrN4O2. The predicted octanol–water partition coefficient (Wildman–Crippen LogP) is 3.39. The third-order valence-corrected chi connectivity index (χ3v) is 3.49. The summed E-state index contributed by atoms with van der Waals surface area (Å²) in [7, 11) is 0. The molecule has 1 aromatic heterocycles. The second-order valence-electron chi connectivity index (χ2n) is 3.90. The standard InChI is InChI=1S/C12H11BrN4O2/c1-7-8(13)3-2-4-9(7)15-11-6-5-10(17(18)19)12(14)16-11/h2-6H,1H3,(H3,14,15,16). The number of nitrogens with one attached hydrogen (secondary N) is 1. The van der Waals surface area contributed by atoms with E-state index < -0.39 is 4.92 Å². The molecule has 0 atom stereocenters. The Labute approximate surface area is 117 Å². The number of aromatic nitrogens is 1. The maximum atomic E-state index is 10.6. The number of nitrogens with zero attached hydrogens (tertiary/aromatic N) is 2. The number of rotatable bonds is 3. The van der Waals surface area contributed by atoms with Gasteiger partial charge in [0.1, 0.15) is 5.82 Å². The molecule has 0 amide bonds. The molecule has 0 saturated heterocycles. The van der Waals surface area contributed by atoms with Gasteiger partial charge < -0.3 is 11.1 Å². The summed E-state index contributed by atoms with van der Waals surface area (Å²) in [4.78, 5) is 14.1. The van der Waals surface area contributed by atoms with Crippen molar-refractivity contribution in [2.24, 2.45) is 0 Å². The summed E-state index contributed by atoms with van der Waals surface area (Å²) in [5.41, 5.74) is 7.22. The molecule has 0 unspecified atom stereocenters. The van der Waals surface area contributed by atoms with Crippen molar-refractivity contribution in [1.82, 2.24) is 4.98 Å². The van der Waals surface area contributed by atoms with E-state index in [0.717, 1.165) is 15.7 Å². The molecular weight excluding hydrogens is 312 g/mol. The molecule has 3 N–H and O–H groups in total. The minimum atomic E-state index is -0.559. The Bertz CT molecular complexity index is 646. The number of hydrogen-bond donors (Lipinski definition) is 2. The van der Waals surface area contributed by atoms with Gasteiger partial charge in [-0.3, -0.25) is 10.1 Å². The average molecular weight is 323 g/mol. The van der Waals surface area contributed by atoms with Crippen molar-refractivity contribution in [3.05, 3.63) is 50.5 Å². The van der Waals surface area contributed by atoms with Gasteiger partial charge in [0.25, 0.3) is 0 Å². The molecule has 2 aromatic rings. The molecule has 6 nitrogen and oxygen atoms in total. The highest BCUT2D eigenvalue weighted by Crippen LogP contribution is 2.27. The molecule has 2 rings (SSSR count). The van der Waals surface area contributed by atoms with Crippen molar-refractivity contribution in [2.45, 2.75) is 6.92 Å². The Morgan fingerprint density at radius 2 is 2.11 bits per heavy atom. The van der Waals surface area contributed by atoms with E-state index in [4.69, 9.17) is 5.73 Å². The topological polar surface area (TPSA) is 94.1 Å². The van der Waals surface area contributed by atoms with Crippen LogP contribution < -0.4 is 11.1 Å². The van der Waals surface area contributed by atoms with E-state index in [1.165, 1.54) is 12.1 Å². The Hall–Kier alpha value is -2.15. The molecule has 0 aliphatic rings. The van der Waals surface area contributed by atoms with Crippen molar-refractivity contribution in [2.75, 3.05) is 11.1 Å². The quantitative estimate of drug-likeness (QED) is 0.667. The van der Waals surface area contributed by atoms with Crippen LogP contribution in [0.25, 0.3) is 0 Å². The van der Waals surface area contributed by atoms with Crippen molar-refractivity contribution in [1.29, 1.82) is 0 Å². The molecule has 19 heavy (non-hydrogen) atoms. The normalized spacial score (nSPS) is 10.2. The fourth-order valence-corrected chi connectivity index (χ4v) is 1.94. The number of halogens is 1. The molecule has 1 aromatic carbocycles. The Morgan fingerprint density at radius 3 is 2.74 bits per heavy atom. The van der Waals surface area contributed by atoms with Crippen molar-refractivity contribution in [3.63, 3.8) is 0 Å². The highest BCUT2D eigenvalue weighted by atomic mass is 79.9. The Balaban J connectivity index is 2.32. The lowest BCUT2D eigenvalue weighted by Crippen LogP contribution is -2.02. The maximum Gasteiger partial charge on any atom is 0.311 e. The average Bonchev–Trinajstić information content (AvgIpc) is 2.34. The molecule has 0 aliphatic heterocycles. The maximum absolute atomic E-state index is 10.6. The largest absolute Gasteiger partial charge is 0.378 e. The first-order valence-corrected chi connectivity index (χ1v) is 6.21. The number of pyridine rings is 1. The van der Waals surface area contributed by atoms with Crippen LogP contribution in [-0.2, 0) is 0 Å². The third kappa shape index (κ3) is 2.82. The smallest absolute Gasteiger partial charge is 0.311 e. The van der Waals surface area contributed by atoms with Crippen LogP contribution in [0, 0.1) is 17.0 Å². The van der Waals surface area contributed by atoms with Crippen LogP contribution >= 0.6 is 15.9 Å².